The van der Waals surface area contributed by atoms with Crippen LogP contribution in [0.1, 0.15) is 35.4 Å². The number of allylic oxidation sites excluding steroid dienone is 2. The molecule has 2 aromatic carbocycles. The van der Waals surface area contributed by atoms with Crippen LogP contribution in [0, 0.1) is 31.6 Å². The molecular formula is C29H24BrCl3N2O5. The topological polar surface area (TPSA) is 95.0 Å². The average Bonchev–Trinajstić information content (AvgIpc) is 3.25. The molecule has 4 amide bonds. The van der Waals surface area contributed by atoms with E-state index in [0.29, 0.717) is 33.0 Å². The molecule has 3 fully saturated rings. The lowest BCUT2D eigenvalue weighted by atomic mass is 9.56. The van der Waals surface area contributed by atoms with Gasteiger partial charge in [0.15, 0.2) is 9.75 Å². The van der Waals surface area contributed by atoms with E-state index in [2.05, 4.69) is 15.9 Å². The number of rotatable bonds is 3. The van der Waals surface area contributed by atoms with E-state index in [1.54, 1.807) is 50.2 Å². The van der Waals surface area contributed by atoms with Crippen molar-refractivity contribution in [1.82, 2.24) is 4.90 Å². The number of halogens is 4. The van der Waals surface area contributed by atoms with Crippen molar-refractivity contribution in [3.8, 4) is 5.75 Å². The first-order chi connectivity index (χ1) is 18.9. The van der Waals surface area contributed by atoms with Crippen molar-refractivity contribution >= 4 is 80.0 Å². The maximum absolute atomic E-state index is 14.0. The molecule has 6 atom stereocenters. The number of fused-ring (bicyclic) bond motifs is 4. The lowest BCUT2D eigenvalue weighted by Gasteiger charge is -2.51. The Morgan fingerprint density at radius 3 is 2.20 bits per heavy atom. The predicted octanol–water partition coefficient (Wildman–Crippen LogP) is 5.58. The Morgan fingerprint density at radius 2 is 1.60 bits per heavy atom. The summed E-state index contributed by atoms with van der Waals surface area (Å²) in [6.07, 6.45) is 2.07. The average molecular weight is 667 g/mol. The van der Waals surface area contributed by atoms with Gasteiger partial charge in [-0.15, -0.1) is 23.2 Å². The fourth-order valence-electron chi connectivity index (χ4n) is 7.13. The summed E-state index contributed by atoms with van der Waals surface area (Å²) >= 11 is 23.8. The molecule has 2 heterocycles. The molecule has 1 saturated carbocycles. The second kappa shape index (κ2) is 9.31. The minimum absolute atomic E-state index is 0.0842. The number of imide groups is 2. The van der Waals surface area contributed by atoms with E-state index in [0.717, 1.165) is 4.90 Å². The zero-order valence-corrected chi connectivity index (χ0v) is 25.3. The summed E-state index contributed by atoms with van der Waals surface area (Å²) in [5.74, 6) is -4.82. The second-order valence-corrected chi connectivity index (χ2v) is 13.2. The van der Waals surface area contributed by atoms with Crippen LogP contribution in [0.2, 0.25) is 5.02 Å². The molecule has 208 valence electrons. The van der Waals surface area contributed by atoms with Gasteiger partial charge in [-0.1, -0.05) is 51.3 Å². The second-order valence-electron chi connectivity index (χ2n) is 11.0. The Kier molecular flexibility index (Phi) is 6.46. The summed E-state index contributed by atoms with van der Waals surface area (Å²) in [5, 5.41) is 10.9. The van der Waals surface area contributed by atoms with Crippen molar-refractivity contribution in [3.05, 3.63) is 69.8 Å². The quantitative estimate of drug-likeness (QED) is 0.200. The maximum atomic E-state index is 14.0. The van der Waals surface area contributed by atoms with Crippen molar-refractivity contribution in [2.24, 2.45) is 17.8 Å². The zero-order valence-electron chi connectivity index (χ0n) is 21.5. The number of carbonyl (C=O) groups excluding carboxylic acids is 4. The van der Waals surface area contributed by atoms with Gasteiger partial charge in [-0.25, -0.2) is 0 Å². The molecule has 0 unspecified atom stereocenters. The van der Waals surface area contributed by atoms with Gasteiger partial charge in [-0.2, -0.15) is 0 Å². The smallest absolute Gasteiger partial charge is 0.254 e. The van der Waals surface area contributed by atoms with Gasteiger partial charge in [0, 0.05) is 10.9 Å². The number of benzene rings is 2. The van der Waals surface area contributed by atoms with E-state index < -0.39 is 45.2 Å². The molecule has 0 aromatic heterocycles. The normalized spacial score (nSPS) is 33.2. The number of anilines is 1. The Balaban J connectivity index is 1.53. The fourth-order valence-corrected chi connectivity index (χ4v) is 8.68. The van der Waals surface area contributed by atoms with Gasteiger partial charge in [0.25, 0.3) is 11.8 Å². The lowest BCUT2D eigenvalue weighted by molar-refractivity contribution is -0.138. The van der Waals surface area contributed by atoms with Crippen LogP contribution in [0.15, 0.2) is 48.0 Å². The summed E-state index contributed by atoms with van der Waals surface area (Å²) < 4.78 is 0. The van der Waals surface area contributed by atoms with Gasteiger partial charge in [-0.05, 0) is 73.6 Å². The third kappa shape index (κ3) is 3.49. The largest absolute Gasteiger partial charge is 0.507 e. The number of amides is 4. The Hall–Kier alpha value is -2.39. The third-order valence-electron chi connectivity index (χ3n) is 8.95. The number of hydrogen-bond acceptors (Lipinski definition) is 5. The summed E-state index contributed by atoms with van der Waals surface area (Å²) in [6.45, 7) is 3.48. The zero-order chi connectivity index (χ0) is 28.9. The number of nitrogens with zero attached hydrogens (tertiary/aromatic N) is 2. The predicted molar refractivity (Wildman–Crippen MR) is 155 cm³/mol. The first-order valence-corrected chi connectivity index (χ1v) is 15.1. The summed E-state index contributed by atoms with van der Waals surface area (Å²) in [5.41, 5.74) is 2.77. The van der Waals surface area contributed by atoms with Crippen molar-refractivity contribution in [2.45, 2.75) is 42.4 Å². The van der Waals surface area contributed by atoms with E-state index in [1.807, 2.05) is 6.08 Å². The van der Waals surface area contributed by atoms with Crippen LogP contribution in [0.25, 0.3) is 0 Å². The molecule has 6 rings (SSSR count). The number of carbonyl (C=O) groups is 4. The molecule has 0 bridgehead atoms. The minimum atomic E-state index is -1.88. The molecule has 2 aliphatic heterocycles. The minimum Gasteiger partial charge on any atom is -0.507 e. The van der Waals surface area contributed by atoms with Crippen LogP contribution < -0.4 is 4.90 Å². The Labute approximate surface area is 254 Å². The van der Waals surface area contributed by atoms with Crippen molar-refractivity contribution in [2.75, 3.05) is 10.4 Å². The molecule has 0 radical (unpaired) electrons. The SMILES string of the molecule is Cc1cc([C@H]2C3=CC[C@@H]4C(=O)N(c5ccc(Cl)cc5)C(=O)[C@@H]4[C@@H]3C[C@@]3(Cl)C(=O)N(CBr)C(=O)[C@@]23Cl)cc(C)c1O. The highest BCUT2D eigenvalue weighted by molar-refractivity contribution is 9.09. The Morgan fingerprint density at radius 1 is 0.975 bits per heavy atom. The number of aromatic hydroxyl groups is 1. The van der Waals surface area contributed by atoms with E-state index in [-0.39, 0.29) is 35.9 Å². The van der Waals surface area contributed by atoms with Gasteiger partial charge in [-0.3, -0.25) is 29.0 Å². The van der Waals surface area contributed by atoms with Gasteiger partial charge in [0.2, 0.25) is 11.8 Å². The maximum Gasteiger partial charge on any atom is 0.254 e. The molecular weight excluding hydrogens is 643 g/mol. The van der Waals surface area contributed by atoms with Crippen molar-refractivity contribution in [1.29, 1.82) is 0 Å². The highest BCUT2D eigenvalue weighted by atomic mass is 79.9. The molecule has 2 aromatic rings. The third-order valence-corrected chi connectivity index (χ3v) is 11.1. The molecule has 1 N–H and O–H groups in total. The van der Waals surface area contributed by atoms with E-state index >= 15 is 0 Å². The van der Waals surface area contributed by atoms with Gasteiger partial charge in [0.1, 0.15) is 5.75 Å². The molecule has 7 nitrogen and oxygen atoms in total. The van der Waals surface area contributed by atoms with Crippen molar-refractivity contribution < 1.29 is 24.3 Å². The number of hydrogen-bond donors (Lipinski definition) is 1. The molecule has 2 saturated heterocycles. The highest BCUT2D eigenvalue weighted by Crippen LogP contribution is 2.65. The van der Waals surface area contributed by atoms with E-state index in [4.69, 9.17) is 34.8 Å². The van der Waals surface area contributed by atoms with Crippen LogP contribution in [0.4, 0.5) is 5.69 Å². The monoisotopic (exact) mass is 664 g/mol. The van der Waals surface area contributed by atoms with Crippen LogP contribution >= 0.6 is 50.7 Å². The number of phenols is 1. The summed E-state index contributed by atoms with van der Waals surface area (Å²) in [6, 6.07) is 9.94. The Bertz CT molecular complexity index is 1520. The summed E-state index contributed by atoms with van der Waals surface area (Å²) in [7, 11) is 0. The fraction of sp³-hybridized carbons (Fsp3) is 0.379. The van der Waals surface area contributed by atoms with Gasteiger partial charge >= 0.3 is 0 Å². The molecule has 4 aliphatic rings. The van der Waals surface area contributed by atoms with Crippen LogP contribution in [0.3, 0.4) is 0 Å². The number of alkyl halides is 3. The van der Waals surface area contributed by atoms with Crippen molar-refractivity contribution in [3.63, 3.8) is 0 Å². The van der Waals surface area contributed by atoms with Crippen LogP contribution in [-0.2, 0) is 19.2 Å². The number of phenolic OH excluding ortho intramolecular Hbond substituents is 1. The van der Waals surface area contributed by atoms with Crippen LogP contribution in [-0.4, -0.2) is 48.8 Å². The van der Waals surface area contributed by atoms with Gasteiger partial charge in [0.05, 0.1) is 23.0 Å². The molecule has 11 heteroatoms. The first-order valence-electron chi connectivity index (χ1n) is 12.8. The lowest BCUT2D eigenvalue weighted by Crippen LogP contribution is -2.60. The molecule has 40 heavy (non-hydrogen) atoms. The first kappa shape index (κ1) is 27.8. The van der Waals surface area contributed by atoms with Crippen LogP contribution in [0.5, 0.6) is 5.75 Å². The molecule has 2 aliphatic carbocycles. The molecule has 0 spiro atoms. The van der Waals surface area contributed by atoms with E-state index in [9.17, 15) is 24.3 Å². The van der Waals surface area contributed by atoms with E-state index in [1.165, 1.54) is 4.90 Å². The number of likely N-dealkylation sites (tertiary alicyclic amines) is 1. The summed E-state index contributed by atoms with van der Waals surface area (Å²) in [4.78, 5) is 53.6. The number of aryl methyl sites for hydroxylation is 2. The van der Waals surface area contributed by atoms with Gasteiger partial charge < -0.3 is 5.11 Å². The highest BCUT2D eigenvalue weighted by Gasteiger charge is 2.76. The standard InChI is InChI=1S/C29H24BrCl3N2O5/c1-13-9-15(10-14(2)23(13)36)22-18-7-8-19-21(25(38)35(24(19)37)17-5-3-16(31)4-6-17)20(18)11-28(32)26(39)34(12-30)27(40)29(22,28)33/h3-7,9-10,19-22,36H,8,11-12H2,1-2H3/t19-,20+,21-,22-,28+,29-/m0/s1.